The Morgan fingerprint density at radius 3 is 2.47 bits per heavy atom. The topological polar surface area (TPSA) is 75.4 Å². The van der Waals surface area contributed by atoms with Crippen LogP contribution in [0.3, 0.4) is 0 Å². The van der Waals surface area contributed by atoms with Gasteiger partial charge in [-0.2, -0.15) is 0 Å². The number of nitrogen functional groups attached to an aromatic ring is 1. The van der Waals surface area contributed by atoms with Crippen LogP contribution in [-0.2, 0) is 10.0 Å². The van der Waals surface area contributed by atoms with Gasteiger partial charge in [-0.3, -0.25) is 5.84 Å². The lowest BCUT2D eigenvalue weighted by molar-refractivity contribution is 0.521. The Labute approximate surface area is 93.8 Å². The maximum atomic E-state index is 11.8. The molecule has 84 valence electrons. The van der Waals surface area contributed by atoms with Crippen molar-refractivity contribution in [2.24, 2.45) is 5.84 Å². The van der Waals surface area contributed by atoms with E-state index < -0.39 is 10.0 Å². The highest BCUT2D eigenvalue weighted by Crippen LogP contribution is 2.26. The highest BCUT2D eigenvalue weighted by Gasteiger charge is 2.21. The normalized spacial score (nSPS) is 11.8. The van der Waals surface area contributed by atoms with Gasteiger partial charge in [-0.1, -0.05) is 11.6 Å². The number of rotatable bonds is 3. The summed E-state index contributed by atoms with van der Waals surface area (Å²) in [6.45, 7) is 0. The zero-order valence-electron chi connectivity index (χ0n) is 8.36. The minimum Gasteiger partial charge on any atom is -0.323 e. The van der Waals surface area contributed by atoms with E-state index in [0.717, 1.165) is 4.31 Å². The number of hydrogen-bond donors (Lipinski definition) is 2. The number of sulfonamides is 1. The lowest BCUT2D eigenvalue weighted by Gasteiger charge is -2.14. The van der Waals surface area contributed by atoms with Crippen molar-refractivity contribution in [1.29, 1.82) is 0 Å². The zero-order chi connectivity index (χ0) is 11.6. The maximum absolute atomic E-state index is 11.8. The highest BCUT2D eigenvalue weighted by molar-refractivity contribution is 7.89. The lowest BCUT2D eigenvalue weighted by Crippen LogP contribution is -2.24. The third kappa shape index (κ3) is 2.40. The van der Waals surface area contributed by atoms with Crippen molar-refractivity contribution in [2.45, 2.75) is 4.90 Å². The molecule has 0 spiro atoms. The van der Waals surface area contributed by atoms with Gasteiger partial charge in [0.2, 0.25) is 10.0 Å². The quantitative estimate of drug-likeness (QED) is 0.616. The third-order valence-corrected chi connectivity index (χ3v) is 3.95. The Bertz CT molecular complexity index is 459. The van der Waals surface area contributed by atoms with Crippen LogP contribution in [-0.4, -0.2) is 26.8 Å². The fourth-order valence-electron chi connectivity index (χ4n) is 1.03. The number of halogens is 1. The van der Waals surface area contributed by atoms with E-state index in [0.29, 0.717) is 10.7 Å². The van der Waals surface area contributed by atoms with Crippen LogP contribution in [0.25, 0.3) is 0 Å². The molecule has 0 aliphatic rings. The monoisotopic (exact) mass is 249 g/mol. The molecule has 0 atom stereocenters. The van der Waals surface area contributed by atoms with Crippen molar-refractivity contribution >= 4 is 27.3 Å². The Hall–Kier alpha value is -0.820. The van der Waals surface area contributed by atoms with Crippen LogP contribution >= 0.6 is 11.6 Å². The molecule has 0 fully saturated rings. The van der Waals surface area contributed by atoms with Crippen molar-refractivity contribution in [3.05, 3.63) is 23.2 Å². The number of nitrogens with two attached hydrogens (primary N) is 1. The molecule has 7 heteroatoms. The fourth-order valence-corrected chi connectivity index (χ4v) is 2.34. The number of hydrogen-bond acceptors (Lipinski definition) is 4. The van der Waals surface area contributed by atoms with Crippen molar-refractivity contribution in [3.63, 3.8) is 0 Å². The van der Waals surface area contributed by atoms with Crippen LogP contribution in [0.4, 0.5) is 5.69 Å². The largest absolute Gasteiger partial charge is 0.323 e. The van der Waals surface area contributed by atoms with Gasteiger partial charge < -0.3 is 5.43 Å². The summed E-state index contributed by atoms with van der Waals surface area (Å²) in [6.07, 6.45) is 0. The van der Waals surface area contributed by atoms with Crippen LogP contribution in [0.1, 0.15) is 0 Å². The molecule has 0 saturated carbocycles. The Kier molecular flexibility index (Phi) is 3.56. The first-order valence-electron chi connectivity index (χ1n) is 4.08. The molecule has 0 bridgehead atoms. The van der Waals surface area contributed by atoms with E-state index in [1.165, 1.54) is 26.2 Å². The van der Waals surface area contributed by atoms with E-state index in [1.807, 2.05) is 0 Å². The first kappa shape index (κ1) is 12.3. The van der Waals surface area contributed by atoms with Gasteiger partial charge >= 0.3 is 0 Å². The first-order valence-corrected chi connectivity index (χ1v) is 5.90. The predicted molar refractivity (Wildman–Crippen MR) is 60.1 cm³/mol. The summed E-state index contributed by atoms with van der Waals surface area (Å²) >= 11 is 5.73. The Morgan fingerprint density at radius 1 is 1.40 bits per heavy atom. The predicted octanol–water partition coefficient (Wildman–Crippen LogP) is 0.876. The Balaban J connectivity index is 3.42. The maximum Gasteiger partial charge on any atom is 0.244 e. The summed E-state index contributed by atoms with van der Waals surface area (Å²) in [6, 6.07) is 4.43. The molecule has 0 heterocycles. The van der Waals surface area contributed by atoms with E-state index in [4.69, 9.17) is 17.4 Å². The summed E-state index contributed by atoms with van der Waals surface area (Å²) in [7, 11) is -0.654. The van der Waals surface area contributed by atoms with Crippen LogP contribution < -0.4 is 11.3 Å². The van der Waals surface area contributed by atoms with Gasteiger partial charge in [0.1, 0.15) is 4.90 Å². The van der Waals surface area contributed by atoms with Gasteiger partial charge in [-0.05, 0) is 18.2 Å². The molecule has 0 aromatic heterocycles. The highest BCUT2D eigenvalue weighted by atomic mass is 35.5. The number of nitrogens with one attached hydrogen (secondary N) is 1. The third-order valence-electron chi connectivity index (χ3n) is 1.86. The summed E-state index contributed by atoms with van der Waals surface area (Å²) < 4.78 is 24.8. The first-order chi connectivity index (χ1) is 6.89. The van der Waals surface area contributed by atoms with Crippen molar-refractivity contribution in [3.8, 4) is 0 Å². The number of anilines is 1. The molecule has 15 heavy (non-hydrogen) atoms. The molecule has 3 N–H and O–H groups in total. The standard InChI is InChI=1S/C8H12ClN3O2S/c1-12(2)15(13,14)8-5-6(9)3-4-7(8)11-10/h3-5,11H,10H2,1-2H3. The van der Waals surface area contributed by atoms with Crippen LogP contribution in [0, 0.1) is 0 Å². The second kappa shape index (κ2) is 4.36. The molecule has 5 nitrogen and oxygen atoms in total. The number of benzene rings is 1. The van der Waals surface area contributed by atoms with E-state index in [-0.39, 0.29) is 4.90 Å². The summed E-state index contributed by atoms with van der Waals surface area (Å²) in [5, 5.41) is 0.342. The summed E-state index contributed by atoms with van der Waals surface area (Å²) in [4.78, 5) is 0.0579. The molecule has 1 aromatic rings. The Morgan fingerprint density at radius 2 is 2.00 bits per heavy atom. The average molecular weight is 250 g/mol. The van der Waals surface area contributed by atoms with Gasteiger partial charge in [-0.15, -0.1) is 0 Å². The molecule has 1 rings (SSSR count). The van der Waals surface area contributed by atoms with Crippen molar-refractivity contribution < 1.29 is 8.42 Å². The van der Waals surface area contributed by atoms with E-state index in [2.05, 4.69) is 5.43 Å². The fraction of sp³-hybridized carbons (Fsp3) is 0.250. The minimum absolute atomic E-state index is 0.0579. The molecule has 0 saturated heterocycles. The van der Waals surface area contributed by atoms with Gasteiger partial charge in [0.25, 0.3) is 0 Å². The molecule has 0 radical (unpaired) electrons. The molecule has 0 unspecified atom stereocenters. The molecular formula is C8H12ClN3O2S. The van der Waals surface area contributed by atoms with Gasteiger partial charge in [-0.25, -0.2) is 12.7 Å². The smallest absolute Gasteiger partial charge is 0.244 e. The van der Waals surface area contributed by atoms with Crippen molar-refractivity contribution in [2.75, 3.05) is 19.5 Å². The second-order valence-electron chi connectivity index (χ2n) is 3.07. The van der Waals surface area contributed by atoms with E-state index in [9.17, 15) is 8.42 Å². The SMILES string of the molecule is CN(C)S(=O)(=O)c1cc(Cl)ccc1NN. The van der Waals surface area contributed by atoms with Crippen LogP contribution in [0.2, 0.25) is 5.02 Å². The van der Waals surface area contributed by atoms with Gasteiger partial charge in [0.05, 0.1) is 5.69 Å². The number of hydrazine groups is 1. The molecule has 1 aromatic carbocycles. The minimum atomic E-state index is -3.54. The molecule has 0 aliphatic carbocycles. The zero-order valence-corrected chi connectivity index (χ0v) is 9.93. The molecule has 0 aliphatic heterocycles. The van der Waals surface area contributed by atoms with Crippen LogP contribution in [0.15, 0.2) is 23.1 Å². The van der Waals surface area contributed by atoms with E-state index >= 15 is 0 Å². The van der Waals surface area contributed by atoms with Crippen molar-refractivity contribution in [1.82, 2.24) is 4.31 Å². The summed E-state index contributed by atoms with van der Waals surface area (Å²) in [5.41, 5.74) is 2.63. The second-order valence-corrected chi connectivity index (χ2v) is 5.63. The lowest BCUT2D eigenvalue weighted by atomic mass is 10.3. The van der Waals surface area contributed by atoms with Gasteiger partial charge in [0, 0.05) is 19.1 Å². The molecular weight excluding hydrogens is 238 g/mol. The van der Waals surface area contributed by atoms with Gasteiger partial charge in [0.15, 0.2) is 0 Å². The number of nitrogens with zero attached hydrogens (tertiary/aromatic N) is 1. The van der Waals surface area contributed by atoms with E-state index in [1.54, 1.807) is 6.07 Å². The average Bonchev–Trinajstić information content (AvgIpc) is 2.17. The van der Waals surface area contributed by atoms with Crippen LogP contribution in [0.5, 0.6) is 0 Å². The summed E-state index contributed by atoms with van der Waals surface area (Å²) in [5.74, 6) is 5.22. The molecule has 0 amide bonds.